The fourth-order valence-corrected chi connectivity index (χ4v) is 2.41. The maximum absolute atomic E-state index is 6.00. The highest BCUT2D eigenvalue weighted by molar-refractivity contribution is 6.30. The van der Waals surface area contributed by atoms with Gasteiger partial charge < -0.3 is 15.4 Å². The molecular formula is C14H15ClN4O. The lowest BCUT2D eigenvalue weighted by atomic mass is 10.1. The Labute approximate surface area is 122 Å². The number of rotatable bonds is 3. The first kappa shape index (κ1) is 13.1. The number of benzene rings is 1. The van der Waals surface area contributed by atoms with Crippen molar-refractivity contribution >= 4 is 23.1 Å². The van der Waals surface area contributed by atoms with Crippen molar-refractivity contribution in [3.63, 3.8) is 0 Å². The van der Waals surface area contributed by atoms with Crippen molar-refractivity contribution in [2.45, 2.75) is 13.0 Å². The first-order chi connectivity index (χ1) is 9.76. The maximum atomic E-state index is 6.00. The average Bonchev–Trinajstić information content (AvgIpc) is 2.47. The van der Waals surface area contributed by atoms with Gasteiger partial charge in [0.1, 0.15) is 5.82 Å². The Balaban J connectivity index is 1.99. The predicted octanol–water partition coefficient (Wildman–Crippen LogP) is 2.53. The van der Waals surface area contributed by atoms with Crippen LogP contribution in [0, 0.1) is 0 Å². The van der Waals surface area contributed by atoms with E-state index in [9.17, 15) is 0 Å². The van der Waals surface area contributed by atoms with Crippen LogP contribution in [0.2, 0.25) is 5.02 Å². The number of ether oxygens (including phenoxy) is 1. The Kier molecular flexibility index (Phi) is 3.71. The largest absolute Gasteiger partial charge is 0.467 e. The van der Waals surface area contributed by atoms with Crippen LogP contribution >= 0.6 is 11.6 Å². The Morgan fingerprint density at radius 1 is 1.35 bits per heavy atom. The van der Waals surface area contributed by atoms with Crippen molar-refractivity contribution in [2.24, 2.45) is 0 Å². The molecular weight excluding hydrogens is 276 g/mol. The van der Waals surface area contributed by atoms with Crippen LogP contribution < -0.4 is 15.4 Å². The average molecular weight is 291 g/mol. The van der Waals surface area contributed by atoms with Crippen molar-refractivity contribution in [2.75, 3.05) is 19.0 Å². The molecule has 1 aromatic heterocycles. The molecule has 2 heterocycles. The van der Waals surface area contributed by atoms with Crippen molar-refractivity contribution in [3.8, 4) is 6.01 Å². The highest BCUT2D eigenvalue weighted by Gasteiger charge is 2.18. The van der Waals surface area contributed by atoms with Crippen LogP contribution in [-0.4, -0.2) is 23.6 Å². The Morgan fingerprint density at radius 3 is 3.05 bits per heavy atom. The van der Waals surface area contributed by atoms with Crippen LogP contribution in [0.15, 0.2) is 24.3 Å². The van der Waals surface area contributed by atoms with E-state index < -0.39 is 0 Å². The van der Waals surface area contributed by atoms with Crippen LogP contribution in [0.5, 0.6) is 6.01 Å². The summed E-state index contributed by atoms with van der Waals surface area (Å²) in [6, 6.07) is 7.93. The SMILES string of the molecule is COc1nc2c(c(Nc3cccc(Cl)c3)n1)CNCC2. The zero-order valence-corrected chi connectivity index (χ0v) is 11.9. The highest BCUT2D eigenvalue weighted by atomic mass is 35.5. The van der Waals surface area contributed by atoms with E-state index >= 15 is 0 Å². The van der Waals surface area contributed by atoms with Crippen LogP contribution in [0.1, 0.15) is 11.3 Å². The van der Waals surface area contributed by atoms with Gasteiger partial charge in [-0.3, -0.25) is 0 Å². The number of halogens is 1. The zero-order chi connectivity index (χ0) is 13.9. The van der Waals surface area contributed by atoms with Gasteiger partial charge in [0.15, 0.2) is 0 Å². The van der Waals surface area contributed by atoms with Gasteiger partial charge in [-0.25, -0.2) is 0 Å². The highest BCUT2D eigenvalue weighted by Crippen LogP contribution is 2.26. The van der Waals surface area contributed by atoms with Crippen LogP contribution in [0.25, 0.3) is 0 Å². The summed E-state index contributed by atoms with van der Waals surface area (Å²) in [5.41, 5.74) is 3.00. The third-order valence-corrected chi connectivity index (χ3v) is 3.42. The summed E-state index contributed by atoms with van der Waals surface area (Å²) in [5, 5.41) is 7.30. The number of hydrogen-bond donors (Lipinski definition) is 2. The molecule has 5 nitrogen and oxygen atoms in total. The molecule has 1 aliphatic heterocycles. The summed E-state index contributed by atoms with van der Waals surface area (Å²) >= 11 is 6.00. The smallest absolute Gasteiger partial charge is 0.318 e. The standard InChI is InChI=1S/C14H15ClN4O/c1-20-14-18-12-5-6-16-8-11(12)13(19-14)17-10-4-2-3-9(15)7-10/h2-4,7,16H,5-6,8H2,1H3,(H,17,18,19). The van der Waals surface area contributed by atoms with E-state index in [-0.39, 0.29) is 0 Å². The summed E-state index contributed by atoms with van der Waals surface area (Å²) in [4.78, 5) is 8.81. The third-order valence-electron chi connectivity index (χ3n) is 3.18. The van der Waals surface area contributed by atoms with Gasteiger partial charge in [-0.1, -0.05) is 17.7 Å². The molecule has 2 N–H and O–H groups in total. The van der Waals surface area contributed by atoms with Gasteiger partial charge in [-0.2, -0.15) is 9.97 Å². The Bertz CT molecular complexity index is 633. The molecule has 0 unspecified atom stereocenters. The van der Waals surface area contributed by atoms with E-state index in [0.717, 1.165) is 42.3 Å². The lowest BCUT2D eigenvalue weighted by Gasteiger charge is -2.20. The molecule has 104 valence electrons. The number of aromatic nitrogens is 2. The first-order valence-electron chi connectivity index (χ1n) is 6.43. The number of hydrogen-bond acceptors (Lipinski definition) is 5. The summed E-state index contributed by atoms with van der Waals surface area (Å²) in [6.07, 6.45) is 0.873. The van der Waals surface area contributed by atoms with E-state index in [0.29, 0.717) is 11.0 Å². The van der Waals surface area contributed by atoms with Gasteiger partial charge in [0.2, 0.25) is 0 Å². The molecule has 1 aromatic carbocycles. The minimum atomic E-state index is 0.384. The fraction of sp³-hybridized carbons (Fsp3) is 0.286. The topological polar surface area (TPSA) is 59.1 Å². The van der Waals surface area contributed by atoms with Gasteiger partial charge in [-0.15, -0.1) is 0 Å². The Hall–Kier alpha value is -1.85. The fourth-order valence-electron chi connectivity index (χ4n) is 2.22. The molecule has 0 saturated heterocycles. The zero-order valence-electron chi connectivity index (χ0n) is 11.1. The number of methoxy groups -OCH3 is 1. The third kappa shape index (κ3) is 2.69. The van der Waals surface area contributed by atoms with Crippen LogP contribution in [0.3, 0.4) is 0 Å². The van der Waals surface area contributed by atoms with Gasteiger partial charge in [0, 0.05) is 35.8 Å². The molecule has 0 saturated carbocycles. The molecule has 20 heavy (non-hydrogen) atoms. The van der Waals surface area contributed by atoms with Gasteiger partial charge in [0.05, 0.1) is 12.8 Å². The summed E-state index contributed by atoms with van der Waals surface area (Å²) in [5.74, 6) is 0.765. The van der Waals surface area contributed by atoms with E-state index in [2.05, 4.69) is 20.6 Å². The minimum absolute atomic E-state index is 0.384. The molecule has 0 radical (unpaired) electrons. The molecule has 0 amide bonds. The molecule has 0 bridgehead atoms. The van der Waals surface area contributed by atoms with E-state index in [1.54, 1.807) is 7.11 Å². The molecule has 6 heteroatoms. The molecule has 0 fully saturated rings. The first-order valence-corrected chi connectivity index (χ1v) is 6.81. The van der Waals surface area contributed by atoms with E-state index in [1.807, 2.05) is 24.3 Å². The number of nitrogens with zero attached hydrogens (tertiary/aromatic N) is 2. The van der Waals surface area contributed by atoms with Crippen LogP contribution in [0.4, 0.5) is 11.5 Å². The van der Waals surface area contributed by atoms with Gasteiger partial charge in [-0.05, 0) is 18.2 Å². The number of nitrogens with one attached hydrogen (secondary N) is 2. The predicted molar refractivity (Wildman–Crippen MR) is 78.7 cm³/mol. The Morgan fingerprint density at radius 2 is 2.25 bits per heavy atom. The molecule has 2 aromatic rings. The lowest BCUT2D eigenvalue weighted by Crippen LogP contribution is -2.26. The van der Waals surface area contributed by atoms with Crippen molar-refractivity contribution < 1.29 is 4.74 Å². The summed E-state index contributed by atoms with van der Waals surface area (Å²) in [7, 11) is 1.58. The summed E-state index contributed by atoms with van der Waals surface area (Å²) < 4.78 is 5.17. The van der Waals surface area contributed by atoms with Crippen molar-refractivity contribution in [1.82, 2.24) is 15.3 Å². The second-order valence-electron chi connectivity index (χ2n) is 4.55. The monoisotopic (exact) mass is 290 g/mol. The van der Waals surface area contributed by atoms with Crippen molar-refractivity contribution in [3.05, 3.63) is 40.5 Å². The normalized spacial score (nSPS) is 13.7. The van der Waals surface area contributed by atoms with Crippen molar-refractivity contribution in [1.29, 1.82) is 0 Å². The van der Waals surface area contributed by atoms with Crippen LogP contribution in [-0.2, 0) is 13.0 Å². The van der Waals surface area contributed by atoms with Gasteiger partial charge in [0.25, 0.3) is 0 Å². The number of anilines is 2. The number of fused-ring (bicyclic) bond motifs is 1. The lowest BCUT2D eigenvalue weighted by molar-refractivity contribution is 0.377. The van der Waals surface area contributed by atoms with E-state index in [4.69, 9.17) is 16.3 Å². The second kappa shape index (κ2) is 5.64. The minimum Gasteiger partial charge on any atom is -0.467 e. The van der Waals surface area contributed by atoms with E-state index in [1.165, 1.54) is 0 Å². The molecule has 0 spiro atoms. The molecule has 0 aliphatic carbocycles. The molecule has 3 rings (SSSR count). The quantitative estimate of drug-likeness (QED) is 0.910. The second-order valence-corrected chi connectivity index (χ2v) is 4.98. The summed E-state index contributed by atoms with van der Waals surface area (Å²) in [6.45, 7) is 1.67. The molecule has 0 atom stereocenters. The van der Waals surface area contributed by atoms with Gasteiger partial charge >= 0.3 is 6.01 Å². The maximum Gasteiger partial charge on any atom is 0.318 e. The molecule has 1 aliphatic rings.